The van der Waals surface area contributed by atoms with E-state index in [2.05, 4.69) is 4.90 Å². The van der Waals surface area contributed by atoms with Crippen molar-refractivity contribution in [1.82, 2.24) is 9.97 Å². The summed E-state index contributed by atoms with van der Waals surface area (Å²) in [6, 6.07) is 5.10. The van der Waals surface area contributed by atoms with Gasteiger partial charge < -0.3 is 20.5 Å². The lowest BCUT2D eigenvalue weighted by atomic mass is 9.67. The first-order valence-electron chi connectivity index (χ1n) is 13.4. The molecule has 0 amide bonds. The minimum absolute atomic E-state index is 0.0982. The van der Waals surface area contributed by atoms with Crippen molar-refractivity contribution in [2.45, 2.75) is 78.2 Å². The quantitative estimate of drug-likeness (QED) is 0.365. The van der Waals surface area contributed by atoms with Gasteiger partial charge in [0.2, 0.25) is 5.92 Å². The third kappa shape index (κ3) is 6.35. The lowest BCUT2D eigenvalue weighted by molar-refractivity contribution is -0.111. The highest BCUT2D eigenvalue weighted by molar-refractivity contribution is 6.33. The third-order valence-corrected chi connectivity index (χ3v) is 8.07. The van der Waals surface area contributed by atoms with Crippen molar-refractivity contribution in [3.8, 4) is 17.1 Å². The number of halogens is 3. The second kappa shape index (κ2) is 11.4. The van der Waals surface area contributed by atoms with Gasteiger partial charge in [0.15, 0.2) is 11.6 Å². The number of hydrogen-bond acceptors (Lipinski definition) is 7. The summed E-state index contributed by atoms with van der Waals surface area (Å²) in [5.74, 6) is -1.39. The maximum Gasteiger partial charge on any atom is 0.248 e. The molecule has 1 aliphatic carbocycles. The maximum atomic E-state index is 13.8. The Kier molecular flexibility index (Phi) is 8.52. The molecule has 1 atom stereocenters. The van der Waals surface area contributed by atoms with E-state index in [4.69, 9.17) is 32.0 Å². The molecule has 0 bridgehead atoms. The lowest BCUT2D eigenvalue weighted by Gasteiger charge is -2.54. The summed E-state index contributed by atoms with van der Waals surface area (Å²) in [6.45, 7) is 8.27. The van der Waals surface area contributed by atoms with Crippen LogP contribution in [-0.4, -0.2) is 52.6 Å². The van der Waals surface area contributed by atoms with E-state index < -0.39 is 12.0 Å². The SMILES string of the molecule is CCC[C@@H](O)COc1ccc(Cl)c(-c2nc(C(C(C)=O)=C(C)N)c(C)c(N3CC4(CCC(F)(F)CC4)C3)n2)c1. The molecular weight excluding hydrogens is 526 g/mol. The molecule has 1 aromatic carbocycles. The Balaban J connectivity index is 1.73. The number of aliphatic hydroxyl groups is 1. The number of Topliss-reactive ketones (excluding diaryl/α,β-unsaturated/α-hetero) is 1. The second-order valence-electron chi connectivity index (χ2n) is 11.1. The van der Waals surface area contributed by atoms with Gasteiger partial charge in [-0.2, -0.15) is 0 Å². The zero-order valence-corrected chi connectivity index (χ0v) is 23.7. The van der Waals surface area contributed by atoms with Crippen LogP contribution in [0.25, 0.3) is 17.0 Å². The fraction of sp³-hybridized carbons (Fsp3) is 0.552. The largest absolute Gasteiger partial charge is 0.491 e. The smallest absolute Gasteiger partial charge is 0.248 e. The van der Waals surface area contributed by atoms with Crippen LogP contribution in [0.3, 0.4) is 0 Å². The fourth-order valence-corrected chi connectivity index (χ4v) is 5.76. The van der Waals surface area contributed by atoms with Crippen LogP contribution in [-0.2, 0) is 4.79 Å². The van der Waals surface area contributed by atoms with E-state index >= 15 is 0 Å². The van der Waals surface area contributed by atoms with Gasteiger partial charge in [0, 0.05) is 48.2 Å². The van der Waals surface area contributed by atoms with Gasteiger partial charge in [0.1, 0.15) is 18.2 Å². The van der Waals surface area contributed by atoms with Gasteiger partial charge in [0.25, 0.3) is 0 Å². The number of ketones is 1. The molecule has 10 heteroatoms. The van der Waals surface area contributed by atoms with Crippen molar-refractivity contribution in [3.63, 3.8) is 0 Å². The number of nitrogens with two attached hydrogens (primary N) is 1. The van der Waals surface area contributed by atoms with Crippen molar-refractivity contribution in [2.75, 3.05) is 24.6 Å². The topological polar surface area (TPSA) is 102 Å². The average molecular weight is 563 g/mol. The predicted octanol–water partition coefficient (Wildman–Crippen LogP) is 5.94. The van der Waals surface area contributed by atoms with Gasteiger partial charge in [0.05, 0.1) is 22.4 Å². The van der Waals surface area contributed by atoms with Gasteiger partial charge in [-0.25, -0.2) is 18.7 Å². The van der Waals surface area contributed by atoms with Crippen LogP contribution < -0.4 is 15.4 Å². The number of carbonyl (C=O) groups excluding carboxylic acids is 1. The molecular formula is C29H37ClF2N4O3. The summed E-state index contributed by atoms with van der Waals surface area (Å²) in [7, 11) is 0. The number of anilines is 1. The molecule has 4 rings (SSSR count). The van der Waals surface area contributed by atoms with Crippen molar-refractivity contribution in [3.05, 3.63) is 40.2 Å². The molecule has 1 saturated carbocycles. The van der Waals surface area contributed by atoms with Crippen molar-refractivity contribution >= 4 is 28.8 Å². The van der Waals surface area contributed by atoms with Gasteiger partial charge in [-0.05, 0) is 58.2 Å². The van der Waals surface area contributed by atoms with Crippen molar-refractivity contribution < 1.29 is 23.4 Å². The monoisotopic (exact) mass is 562 g/mol. The predicted molar refractivity (Wildman–Crippen MR) is 149 cm³/mol. The minimum atomic E-state index is -2.59. The summed E-state index contributed by atoms with van der Waals surface area (Å²) >= 11 is 6.59. The summed E-state index contributed by atoms with van der Waals surface area (Å²) in [5, 5.41) is 10.5. The van der Waals surface area contributed by atoms with Gasteiger partial charge in [-0.3, -0.25) is 4.79 Å². The highest BCUT2D eigenvalue weighted by Crippen LogP contribution is 2.50. The van der Waals surface area contributed by atoms with Gasteiger partial charge >= 0.3 is 0 Å². The molecule has 39 heavy (non-hydrogen) atoms. The molecule has 1 aliphatic heterocycles. The van der Waals surface area contributed by atoms with E-state index in [1.807, 2.05) is 13.8 Å². The molecule has 1 spiro atoms. The number of carbonyl (C=O) groups is 1. The van der Waals surface area contributed by atoms with Gasteiger partial charge in [-0.15, -0.1) is 0 Å². The number of allylic oxidation sites excluding steroid dienone is 2. The maximum absolute atomic E-state index is 13.8. The normalized spacial score (nSPS) is 19.3. The van der Waals surface area contributed by atoms with E-state index in [9.17, 15) is 18.7 Å². The van der Waals surface area contributed by atoms with Crippen LogP contribution in [0.5, 0.6) is 5.75 Å². The molecule has 2 aliphatic rings. The number of ether oxygens (including phenoxy) is 1. The molecule has 212 valence electrons. The molecule has 0 radical (unpaired) electrons. The average Bonchev–Trinajstić information content (AvgIpc) is 2.84. The van der Waals surface area contributed by atoms with Crippen LogP contribution in [0.2, 0.25) is 5.02 Å². The fourth-order valence-electron chi connectivity index (χ4n) is 5.56. The molecule has 2 heterocycles. The zero-order valence-electron chi connectivity index (χ0n) is 23.0. The standard InChI is InChI=1S/C29H37ClF2N4O3/c1-5-6-20(38)14-39-21-7-8-23(30)22(13-21)26-34-25(24(18(3)33)19(4)37)17(2)27(35-26)36-15-28(16-36)9-11-29(31,32)12-10-28/h7-8,13,20,38H,5-6,9-12,14-16,33H2,1-4H3/t20-/m1/s1. The first-order valence-corrected chi connectivity index (χ1v) is 13.8. The number of benzene rings is 1. The number of aromatic nitrogens is 2. The van der Waals surface area contributed by atoms with Crippen LogP contribution in [0, 0.1) is 12.3 Å². The number of alkyl halides is 2. The molecule has 1 saturated heterocycles. The Morgan fingerprint density at radius 3 is 2.46 bits per heavy atom. The summed E-state index contributed by atoms with van der Waals surface area (Å²) in [5.41, 5.74) is 8.22. The molecule has 2 fully saturated rings. The van der Waals surface area contributed by atoms with E-state index in [1.165, 1.54) is 6.92 Å². The van der Waals surface area contributed by atoms with E-state index in [0.717, 1.165) is 6.42 Å². The molecule has 3 N–H and O–H groups in total. The summed E-state index contributed by atoms with van der Waals surface area (Å²) < 4.78 is 33.4. The van der Waals surface area contributed by atoms with E-state index in [-0.39, 0.29) is 30.6 Å². The number of nitrogens with zero attached hydrogens (tertiary/aromatic N) is 3. The molecule has 1 aromatic heterocycles. The third-order valence-electron chi connectivity index (χ3n) is 7.74. The van der Waals surface area contributed by atoms with E-state index in [0.29, 0.717) is 82.9 Å². The Morgan fingerprint density at radius 2 is 1.87 bits per heavy atom. The minimum Gasteiger partial charge on any atom is -0.491 e. The highest BCUT2D eigenvalue weighted by Gasteiger charge is 2.50. The number of aliphatic hydroxyl groups excluding tert-OH is 1. The first kappa shape index (κ1) is 29.2. The van der Waals surface area contributed by atoms with E-state index in [1.54, 1.807) is 25.1 Å². The Bertz CT molecular complexity index is 1260. The Labute approximate surface area is 233 Å². The molecule has 0 unspecified atom stereocenters. The summed E-state index contributed by atoms with van der Waals surface area (Å²) in [4.78, 5) is 24.3. The number of hydrogen-bond donors (Lipinski definition) is 2. The van der Waals surface area contributed by atoms with Crippen LogP contribution in [0.15, 0.2) is 23.9 Å². The van der Waals surface area contributed by atoms with Crippen LogP contribution in [0.1, 0.15) is 70.6 Å². The second-order valence-corrected chi connectivity index (χ2v) is 11.5. The Hall–Kier alpha value is -2.78. The van der Waals surface area contributed by atoms with Crippen LogP contribution in [0.4, 0.5) is 14.6 Å². The molecule has 7 nitrogen and oxygen atoms in total. The number of rotatable bonds is 9. The zero-order chi connectivity index (χ0) is 28.5. The highest BCUT2D eigenvalue weighted by atomic mass is 35.5. The van der Waals surface area contributed by atoms with Crippen molar-refractivity contribution in [1.29, 1.82) is 0 Å². The lowest BCUT2D eigenvalue weighted by Crippen LogP contribution is -2.59. The summed E-state index contributed by atoms with van der Waals surface area (Å²) in [6.07, 6.45) is 1.62. The van der Waals surface area contributed by atoms with Crippen LogP contribution >= 0.6 is 11.6 Å². The molecule has 2 aromatic rings. The first-order chi connectivity index (χ1) is 18.3. The van der Waals surface area contributed by atoms with Gasteiger partial charge in [-0.1, -0.05) is 24.9 Å². The Morgan fingerprint density at radius 1 is 1.21 bits per heavy atom. The van der Waals surface area contributed by atoms with Crippen molar-refractivity contribution in [2.24, 2.45) is 11.1 Å².